The molecular weight excluding hydrogens is 236 g/mol. The first-order valence-corrected chi connectivity index (χ1v) is 5.87. The smallest absolute Gasteiger partial charge is 0.311 e. The quantitative estimate of drug-likeness (QED) is 0.434. The molecule has 0 spiro atoms. The van der Waals surface area contributed by atoms with E-state index in [1.807, 2.05) is 6.92 Å². The van der Waals surface area contributed by atoms with Gasteiger partial charge in [-0.1, -0.05) is 13.0 Å². The Hall–Kier alpha value is -1.66. The number of benzene rings is 1. The van der Waals surface area contributed by atoms with E-state index in [0.717, 1.165) is 6.42 Å². The lowest BCUT2D eigenvalue weighted by atomic mass is 10.2. The highest BCUT2D eigenvalue weighted by molar-refractivity contribution is 5.48. The van der Waals surface area contributed by atoms with Crippen LogP contribution in [0.2, 0.25) is 0 Å². The van der Waals surface area contributed by atoms with Crippen LogP contribution in [0.3, 0.4) is 0 Å². The SMILES string of the molecule is CCCOCCOc1ccc(CN)cc1[N+](=O)[O-]. The zero-order chi connectivity index (χ0) is 13.4. The van der Waals surface area contributed by atoms with Crippen LogP contribution in [0.25, 0.3) is 0 Å². The van der Waals surface area contributed by atoms with E-state index in [0.29, 0.717) is 25.4 Å². The molecule has 18 heavy (non-hydrogen) atoms. The maximum atomic E-state index is 10.9. The van der Waals surface area contributed by atoms with Crippen LogP contribution in [0, 0.1) is 10.1 Å². The van der Waals surface area contributed by atoms with Crippen molar-refractivity contribution < 1.29 is 14.4 Å². The number of ether oxygens (including phenoxy) is 2. The van der Waals surface area contributed by atoms with Gasteiger partial charge in [-0.3, -0.25) is 10.1 Å². The second-order valence-corrected chi connectivity index (χ2v) is 3.72. The van der Waals surface area contributed by atoms with Gasteiger partial charge in [0.1, 0.15) is 6.61 Å². The van der Waals surface area contributed by atoms with Crippen LogP contribution in [0.15, 0.2) is 18.2 Å². The largest absolute Gasteiger partial charge is 0.484 e. The number of nitro benzene ring substituents is 1. The van der Waals surface area contributed by atoms with Gasteiger partial charge in [-0.2, -0.15) is 0 Å². The summed E-state index contributed by atoms with van der Waals surface area (Å²) in [5.74, 6) is 0.247. The van der Waals surface area contributed by atoms with Crippen LogP contribution >= 0.6 is 0 Å². The molecule has 0 saturated carbocycles. The van der Waals surface area contributed by atoms with Gasteiger partial charge in [0.2, 0.25) is 0 Å². The lowest BCUT2D eigenvalue weighted by Crippen LogP contribution is -2.08. The summed E-state index contributed by atoms with van der Waals surface area (Å²) in [5.41, 5.74) is 6.08. The van der Waals surface area contributed by atoms with E-state index in [-0.39, 0.29) is 18.0 Å². The van der Waals surface area contributed by atoms with Gasteiger partial charge in [-0.05, 0) is 18.1 Å². The summed E-state index contributed by atoms with van der Waals surface area (Å²) < 4.78 is 10.6. The second-order valence-electron chi connectivity index (χ2n) is 3.72. The Balaban J connectivity index is 2.61. The molecule has 1 rings (SSSR count). The summed E-state index contributed by atoms with van der Waals surface area (Å²) in [7, 11) is 0. The molecule has 0 aliphatic heterocycles. The van der Waals surface area contributed by atoms with Crippen LogP contribution in [0.1, 0.15) is 18.9 Å². The van der Waals surface area contributed by atoms with Gasteiger partial charge in [0.15, 0.2) is 5.75 Å². The fourth-order valence-corrected chi connectivity index (χ4v) is 1.41. The van der Waals surface area contributed by atoms with Crippen LogP contribution in [0.5, 0.6) is 5.75 Å². The minimum absolute atomic E-state index is 0.0616. The topological polar surface area (TPSA) is 87.6 Å². The number of hydrogen-bond acceptors (Lipinski definition) is 5. The van der Waals surface area contributed by atoms with Crippen molar-refractivity contribution in [1.29, 1.82) is 0 Å². The minimum Gasteiger partial charge on any atom is -0.484 e. The molecule has 1 aromatic carbocycles. The molecule has 0 radical (unpaired) electrons. The fourth-order valence-electron chi connectivity index (χ4n) is 1.41. The first kappa shape index (κ1) is 14.4. The molecule has 0 atom stereocenters. The van der Waals surface area contributed by atoms with Crippen molar-refractivity contribution >= 4 is 5.69 Å². The number of rotatable bonds is 8. The van der Waals surface area contributed by atoms with Crippen LogP contribution in [0.4, 0.5) is 5.69 Å². The fraction of sp³-hybridized carbons (Fsp3) is 0.500. The molecule has 0 unspecified atom stereocenters. The van der Waals surface area contributed by atoms with E-state index in [2.05, 4.69) is 0 Å². The van der Waals surface area contributed by atoms with E-state index in [4.69, 9.17) is 15.2 Å². The predicted octanol–water partition coefficient (Wildman–Crippen LogP) is 1.86. The van der Waals surface area contributed by atoms with Crippen molar-refractivity contribution in [2.24, 2.45) is 5.73 Å². The third-order valence-corrected chi connectivity index (χ3v) is 2.29. The molecule has 0 aromatic heterocycles. The molecule has 6 heteroatoms. The highest BCUT2D eigenvalue weighted by atomic mass is 16.6. The van der Waals surface area contributed by atoms with Crippen molar-refractivity contribution in [3.8, 4) is 5.75 Å². The van der Waals surface area contributed by atoms with Gasteiger partial charge < -0.3 is 15.2 Å². The Morgan fingerprint density at radius 1 is 1.33 bits per heavy atom. The second kappa shape index (κ2) is 7.62. The van der Waals surface area contributed by atoms with Gasteiger partial charge >= 0.3 is 5.69 Å². The Bertz CT molecular complexity index is 396. The van der Waals surface area contributed by atoms with Crippen molar-refractivity contribution in [3.63, 3.8) is 0 Å². The molecule has 1 aromatic rings. The lowest BCUT2D eigenvalue weighted by Gasteiger charge is -2.08. The first-order valence-electron chi connectivity index (χ1n) is 5.87. The normalized spacial score (nSPS) is 10.3. The Kier molecular flexibility index (Phi) is 6.10. The highest BCUT2D eigenvalue weighted by Crippen LogP contribution is 2.27. The summed E-state index contributed by atoms with van der Waals surface area (Å²) in [6.45, 7) is 3.65. The number of nitro groups is 1. The van der Waals surface area contributed by atoms with E-state index in [1.165, 1.54) is 6.07 Å². The minimum atomic E-state index is -0.471. The van der Waals surface area contributed by atoms with Gasteiger partial charge in [0, 0.05) is 19.2 Å². The molecule has 100 valence electrons. The van der Waals surface area contributed by atoms with Crippen LogP contribution in [-0.4, -0.2) is 24.7 Å². The summed E-state index contributed by atoms with van der Waals surface area (Å²) in [6.07, 6.45) is 0.936. The van der Waals surface area contributed by atoms with Crippen LogP contribution < -0.4 is 10.5 Å². The number of nitrogens with zero attached hydrogens (tertiary/aromatic N) is 1. The molecule has 0 aliphatic rings. The summed E-state index contributed by atoms with van der Waals surface area (Å²) in [5, 5.41) is 10.9. The number of nitrogens with two attached hydrogens (primary N) is 1. The molecule has 0 aliphatic carbocycles. The van der Waals surface area contributed by atoms with Crippen molar-refractivity contribution in [3.05, 3.63) is 33.9 Å². The molecule has 0 bridgehead atoms. The molecule has 2 N–H and O–H groups in total. The molecule has 0 fully saturated rings. The summed E-state index contributed by atoms with van der Waals surface area (Å²) >= 11 is 0. The van der Waals surface area contributed by atoms with Crippen LogP contribution in [-0.2, 0) is 11.3 Å². The third-order valence-electron chi connectivity index (χ3n) is 2.29. The Morgan fingerprint density at radius 3 is 2.72 bits per heavy atom. The molecule has 0 heterocycles. The van der Waals surface area contributed by atoms with E-state index in [1.54, 1.807) is 12.1 Å². The summed E-state index contributed by atoms with van der Waals surface area (Å²) in [6, 6.07) is 4.72. The van der Waals surface area contributed by atoms with E-state index in [9.17, 15) is 10.1 Å². The predicted molar refractivity (Wildman–Crippen MR) is 67.6 cm³/mol. The molecule has 0 amide bonds. The highest BCUT2D eigenvalue weighted by Gasteiger charge is 2.15. The van der Waals surface area contributed by atoms with Gasteiger partial charge in [-0.25, -0.2) is 0 Å². The molecule has 0 saturated heterocycles. The average molecular weight is 254 g/mol. The Morgan fingerprint density at radius 2 is 2.11 bits per heavy atom. The third kappa shape index (κ3) is 4.31. The number of hydrogen-bond donors (Lipinski definition) is 1. The monoisotopic (exact) mass is 254 g/mol. The van der Waals surface area contributed by atoms with Gasteiger partial charge in [0.25, 0.3) is 0 Å². The zero-order valence-corrected chi connectivity index (χ0v) is 10.4. The van der Waals surface area contributed by atoms with Crippen molar-refractivity contribution in [2.75, 3.05) is 19.8 Å². The molecular formula is C12H18N2O4. The average Bonchev–Trinajstić information content (AvgIpc) is 2.38. The standard InChI is InChI=1S/C12H18N2O4/c1-2-5-17-6-7-18-12-4-3-10(9-13)8-11(12)14(15)16/h3-4,8H,2,5-7,9,13H2,1H3. The van der Waals surface area contributed by atoms with Gasteiger partial charge in [0.05, 0.1) is 11.5 Å². The zero-order valence-electron chi connectivity index (χ0n) is 10.4. The van der Waals surface area contributed by atoms with E-state index >= 15 is 0 Å². The molecule has 6 nitrogen and oxygen atoms in total. The lowest BCUT2D eigenvalue weighted by molar-refractivity contribution is -0.385. The van der Waals surface area contributed by atoms with Crippen molar-refractivity contribution in [2.45, 2.75) is 19.9 Å². The summed E-state index contributed by atoms with van der Waals surface area (Å²) in [4.78, 5) is 10.4. The van der Waals surface area contributed by atoms with Crippen molar-refractivity contribution in [1.82, 2.24) is 0 Å². The maximum Gasteiger partial charge on any atom is 0.311 e. The maximum absolute atomic E-state index is 10.9. The Labute approximate surface area is 106 Å². The van der Waals surface area contributed by atoms with Gasteiger partial charge in [-0.15, -0.1) is 0 Å². The van der Waals surface area contributed by atoms with E-state index < -0.39 is 4.92 Å². The first-order chi connectivity index (χ1) is 8.69.